The van der Waals surface area contributed by atoms with Crippen LogP contribution in [0.25, 0.3) is 0 Å². The fourth-order valence-corrected chi connectivity index (χ4v) is 3.19. The Bertz CT molecular complexity index is 973. The van der Waals surface area contributed by atoms with Crippen molar-refractivity contribution in [1.29, 1.82) is 0 Å². The Hall–Kier alpha value is -3.41. The van der Waals surface area contributed by atoms with Crippen molar-refractivity contribution in [2.45, 2.75) is 19.3 Å². The largest absolute Gasteiger partial charge is 0.495 e. The number of nitrogens with zero attached hydrogens (tertiary/aromatic N) is 2. The van der Waals surface area contributed by atoms with Crippen molar-refractivity contribution < 1.29 is 9.53 Å². The Kier molecular flexibility index (Phi) is 4.70. The summed E-state index contributed by atoms with van der Waals surface area (Å²) in [5.74, 6) is 1.73. The first kappa shape index (κ1) is 17.0. The highest BCUT2D eigenvalue weighted by Gasteiger charge is 2.25. The van der Waals surface area contributed by atoms with Crippen molar-refractivity contribution in [3.8, 4) is 5.75 Å². The van der Waals surface area contributed by atoms with E-state index in [1.54, 1.807) is 7.11 Å². The molecule has 136 valence electrons. The van der Waals surface area contributed by atoms with E-state index in [2.05, 4.69) is 20.6 Å². The van der Waals surface area contributed by atoms with Gasteiger partial charge in [0.25, 0.3) is 0 Å². The van der Waals surface area contributed by atoms with Crippen LogP contribution in [0.1, 0.15) is 28.9 Å². The summed E-state index contributed by atoms with van der Waals surface area (Å²) >= 11 is 0. The fourth-order valence-electron chi connectivity index (χ4n) is 3.19. The zero-order valence-corrected chi connectivity index (χ0v) is 15.0. The molecule has 2 N–H and O–H groups in total. The van der Waals surface area contributed by atoms with Crippen LogP contribution in [0.15, 0.2) is 54.6 Å². The number of carbonyl (C=O) groups excluding carboxylic acids is 1. The molecule has 1 aromatic heterocycles. The molecule has 0 saturated heterocycles. The predicted octanol–water partition coefficient (Wildman–Crippen LogP) is 4.49. The number of hydrogen-bond donors (Lipinski definition) is 2. The third-order valence-electron chi connectivity index (χ3n) is 4.47. The number of ketones is 1. The average molecular weight is 360 g/mol. The summed E-state index contributed by atoms with van der Waals surface area (Å²) in [5, 5.41) is 6.49. The van der Waals surface area contributed by atoms with Gasteiger partial charge in [-0.25, -0.2) is 4.98 Å². The topological polar surface area (TPSA) is 76.1 Å². The zero-order chi connectivity index (χ0) is 18.6. The van der Waals surface area contributed by atoms with Crippen LogP contribution in [-0.2, 0) is 6.42 Å². The molecule has 0 aliphatic heterocycles. The van der Waals surface area contributed by atoms with Gasteiger partial charge in [-0.1, -0.05) is 30.3 Å². The van der Waals surface area contributed by atoms with Crippen molar-refractivity contribution in [3.63, 3.8) is 0 Å². The Morgan fingerprint density at radius 3 is 2.52 bits per heavy atom. The molecule has 3 aromatic rings. The highest BCUT2D eigenvalue weighted by molar-refractivity contribution is 6.03. The molecule has 0 saturated carbocycles. The molecule has 1 heterocycles. The molecule has 0 atom stereocenters. The van der Waals surface area contributed by atoms with Crippen molar-refractivity contribution in [2.24, 2.45) is 0 Å². The SMILES string of the molecule is COc1ccccc1Nc1nc(Nc2ccccc2)nc2c1C(=O)CCC2. The number of anilines is 4. The highest BCUT2D eigenvalue weighted by atomic mass is 16.5. The standard InChI is InChI=1S/C21H20N4O2/c1-27-18-13-6-5-10-15(18)23-20-19-16(11-7-12-17(19)26)24-21(25-20)22-14-8-3-2-4-9-14/h2-6,8-10,13H,7,11-12H2,1H3,(H2,22,23,24,25). The Balaban J connectivity index is 1.76. The summed E-state index contributed by atoms with van der Waals surface area (Å²) in [5.41, 5.74) is 3.00. The second-order valence-electron chi connectivity index (χ2n) is 6.31. The predicted molar refractivity (Wildman–Crippen MR) is 105 cm³/mol. The molecule has 0 bridgehead atoms. The van der Waals surface area contributed by atoms with Crippen LogP contribution in [0.5, 0.6) is 5.75 Å². The first-order chi connectivity index (χ1) is 13.2. The van der Waals surface area contributed by atoms with Gasteiger partial charge in [-0.2, -0.15) is 4.98 Å². The molecular weight excluding hydrogens is 340 g/mol. The lowest BCUT2D eigenvalue weighted by atomic mass is 9.95. The number of Topliss-reactive ketones (excluding diaryl/α,β-unsaturated/α-hetero) is 1. The number of aromatic nitrogens is 2. The van der Waals surface area contributed by atoms with Gasteiger partial charge in [0.1, 0.15) is 11.6 Å². The maximum absolute atomic E-state index is 12.5. The van der Waals surface area contributed by atoms with E-state index in [9.17, 15) is 4.79 Å². The lowest BCUT2D eigenvalue weighted by Crippen LogP contribution is -2.18. The summed E-state index contributed by atoms with van der Waals surface area (Å²) in [6, 6.07) is 17.3. The number of fused-ring (bicyclic) bond motifs is 1. The molecule has 6 heteroatoms. The van der Waals surface area contributed by atoms with E-state index in [1.807, 2.05) is 54.6 Å². The van der Waals surface area contributed by atoms with Crippen LogP contribution in [0.4, 0.5) is 23.1 Å². The highest BCUT2D eigenvalue weighted by Crippen LogP contribution is 2.32. The number of carbonyl (C=O) groups is 1. The van der Waals surface area contributed by atoms with E-state index in [1.165, 1.54) is 0 Å². The number of ether oxygens (including phenoxy) is 1. The van der Waals surface area contributed by atoms with Gasteiger partial charge in [0.05, 0.1) is 24.1 Å². The van der Waals surface area contributed by atoms with Gasteiger partial charge in [-0.05, 0) is 37.1 Å². The number of benzene rings is 2. The van der Waals surface area contributed by atoms with Gasteiger partial charge in [0.2, 0.25) is 5.95 Å². The Labute approximate surface area is 157 Å². The molecule has 0 radical (unpaired) electrons. The number of hydrogen-bond acceptors (Lipinski definition) is 6. The van der Waals surface area contributed by atoms with E-state index in [-0.39, 0.29) is 5.78 Å². The van der Waals surface area contributed by atoms with Crippen LogP contribution in [-0.4, -0.2) is 22.9 Å². The average Bonchev–Trinajstić information content (AvgIpc) is 2.69. The Morgan fingerprint density at radius 2 is 1.70 bits per heavy atom. The van der Waals surface area contributed by atoms with E-state index in [0.29, 0.717) is 29.5 Å². The lowest BCUT2D eigenvalue weighted by molar-refractivity contribution is 0.0972. The molecule has 0 unspecified atom stereocenters. The molecule has 27 heavy (non-hydrogen) atoms. The fraction of sp³-hybridized carbons (Fsp3) is 0.190. The maximum atomic E-state index is 12.5. The first-order valence-electron chi connectivity index (χ1n) is 8.91. The summed E-state index contributed by atoms with van der Waals surface area (Å²) in [6.07, 6.45) is 2.08. The van der Waals surface area contributed by atoms with Crippen molar-refractivity contribution in [3.05, 3.63) is 65.9 Å². The number of methoxy groups -OCH3 is 1. The zero-order valence-electron chi connectivity index (χ0n) is 15.0. The first-order valence-corrected chi connectivity index (χ1v) is 8.91. The minimum Gasteiger partial charge on any atom is -0.495 e. The third-order valence-corrected chi connectivity index (χ3v) is 4.47. The summed E-state index contributed by atoms with van der Waals surface area (Å²) in [7, 11) is 1.61. The number of aryl methyl sites for hydroxylation is 1. The molecule has 1 aliphatic rings. The van der Waals surface area contributed by atoms with Crippen molar-refractivity contribution >= 4 is 28.9 Å². The number of para-hydroxylation sites is 3. The second kappa shape index (κ2) is 7.45. The maximum Gasteiger partial charge on any atom is 0.229 e. The molecular formula is C21H20N4O2. The van der Waals surface area contributed by atoms with Crippen LogP contribution in [0, 0.1) is 0 Å². The van der Waals surface area contributed by atoms with Crippen LogP contribution >= 0.6 is 0 Å². The van der Waals surface area contributed by atoms with Crippen LogP contribution in [0.3, 0.4) is 0 Å². The monoisotopic (exact) mass is 360 g/mol. The normalized spacial score (nSPS) is 13.0. The van der Waals surface area contributed by atoms with E-state index in [0.717, 1.165) is 29.9 Å². The molecule has 2 aromatic carbocycles. The van der Waals surface area contributed by atoms with E-state index in [4.69, 9.17) is 4.74 Å². The molecule has 6 nitrogen and oxygen atoms in total. The third kappa shape index (κ3) is 3.60. The van der Waals surface area contributed by atoms with Crippen molar-refractivity contribution in [1.82, 2.24) is 9.97 Å². The summed E-state index contributed by atoms with van der Waals surface area (Å²) in [6.45, 7) is 0. The van der Waals surface area contributed by atoms with Gasteiger partial charge < -0.3 is 15.4 Å². The van der Waals surface area contributed by atoms with Gasteiger partial charge >= 0.3 is 0 Å². The Morgan fingerprint density at radius 1 is 0.926 bits per heavy atom. The second-order valence-corrected chi connectivity index (χ2v) is 6.31. The quantitative estimate of drug-likeness (QED) is 0.698. The minimum atomic E-state index is 0.0694. The van der Waals surface area contributed by atoms with E-state index >= 15 is 0 Å². The van der Waals surface area contributed by atoms with Gasteiger partial charge in [-0.3, -0.25) is 4.79 Å². The molecule has 1 aliphatic carbocycles. The molecule has 4 rings (SSSR count). The van der Waals surface area contributed by atoms with Crippen LogP contribution in [0.2, 0.25) is 0 Å². The molecule has 0 fully saturated rings. The molecule has 0 spiro atoms. The van der Waals surface area contributed by atoms with Gasteiger partial charge in [0, 0.05) is 12.1 Å². The number of nitrogens with one attached hydrogen (secondary N) is 2. The van der Waals surface area contributed by atoms with Crippen molar-refractivity contribution in [2.75, 3.05) is 17.7 Å². The van der Waals surface area contributed by atoms with Gasteiger partial charge in [-0.15, -0.1) is 0 Å². The summed E-state index contributed by atoms with van der Waals surface area (Å²) < 4.78 is 5.41. The van der Waals surface area contributed by atoms with Gasteiger partial charge in [0.15, 0.2) is 5.78 Å². The minimum absolute atomic E-state index is 0.0694. The lowest BCUT2D eigenvalue weighted by Gasteiger charge is -2.20. The molecule has 0 amide bonds. The van der Waals surface area contributed by atoms with Crippen LogP contribution < -0.4 is 15.4 Å². The summed E-state index contributed by atoms with van der Waals surface area (Å²) in [4.78, 5) is 21.7. The number of rotatable bonds is 5. The smallest absolute Gasteiger partial charge is 0.229 e. The van der Waals surface area contributed by atoms with E-state index < -0.39 is 0 Å².